The number of ether oxygens (including phenoxy) is 2. The van der Waals surface area contributed by atoms with Crippen LogP contribution in [0.3, 0.4) is 0 Å². The molecule has 0 saturated heterocycles. The molecule has 2 N–H and O–H groups in total. The number of rotatable bonds is 8. The largest absolute Gasteiger partial charge is 0.481 e. The summed E-state index contributed by atoms with van der Waals surface area (Å²) < 4.78 is 10.3. The second kappa shape index (κ2) is 9.31. The highest BCUT2D eigenvalue weighted by Crippen LogP contribution is 2.58. The summed E-state index contributed by atoms with van der Waals surface area (Å²) in [5, 5.41) is 21.1. The van der Waals surface area contributed by atoms with Gasteiger partial charge in [-0.25, -0.2) is 0 Å². The molecule has 7 heteroatoms. The molecule has 0 bridgehead atoms. The first-order valence-electron chi connectivity index (χ1n) is 11.2. The lowest BCUT2D eigenvalue weighted by Gasteiger charge is -2.53. The molecule has 0 amide bonds. The number of carbonyl (C=O) groups excluding carboxylic acids is 2. The molecular weight excluding hydrogens is 400 g/mol. The van der Waals surface area contributed by atoms with E-state index in [2.05, 4.69) is 19.9 Å². The Balaban J connectivity index is 2.25. The highest BCUT2D eigenvalue weighted by molar-refractivity contribution is 5.75. The van der Waals surface area contributed by atoms with Crippen LogP contribution in [0.2, 0.25) is 0 Å². The number of carbonyl (C=O) groups is 3. The molecule has 0 unspecified atom stereocenters. The minimum absolute atomic E-state index is 0.0183. The SMILES string of the molecule is CC(=O)OC[C@@H](OC(C)=O)[C@@](C)(O)CC[C@]1(C)C2=CCC[C@](C)(C(=O)O)[C@H]2CC[C@H]1C. The van der Waals surface area contributed by atoms with Crippen LogP contribution in [-0.4, -0.2) is 46.4 Å². The van der Waals surface area contributed by atoms with Gasteiger partial charge in [-0.3, -0.25) is 14.4 Å². The minimum Gasteiger partial charge on any atom is -0.481 e. The lowest BCUT2D eigenvalue weighted by Crippen LogP contribution is -2.49. The molecule has 2 aliphatic carbocycles. The van der Waals surface area contributed by atoms with Gasteiger partial charge in [0.25, 0.3) is 0 Å². The summed E-state index contributed by atoms with van der Waals surface area (Å²) in [6.45, 7) is 10.1. The molecule has 0 aliphatic heterocycles. The van der Waals surface area contributed by atoms with Crippen molar-refractivity contribution < 1.29 is 34.1 Å². The number of aliphatic hydroxyl groups is 1. The molecule has 0 spiro atoms. The van der Waals surface area contributed by atoms with E-state index in [0.717, 1.165) is 19.3 Å². The summed E-state index contributed by atoms with van der Waals surface area (Å²) >= 11 is 0. The Morgan fingerprint density at radius 2 is 1.87 bits per heavy atom. The van der Waals surface area contributed by atoms with Gasteiger partial charge in [-0.05, 0) is 69.6 Å². The molecule has 31 heavy (non-hydrogen) atoms. The summed E-state index contributed by atoms with van der Waals surface area (Å²) in [6.07, 6.45) is 5.30. The first-order chi connectivity index (χ1) is 14.2. The zero-order chi connectivity index (χ0) is 23.6. The van der Waals surface area contributed by atoms with Crippen molar-refractivity contribution in [3.63, 3.8) is 0 Å². The molecular formula is C24H38O7. The molecule has 0 aromatic heterocycles. The van der Waals surface area contributed by atoms with Gasteiger partial charge in [-0.15, -0.1) is 0 Å². The van der Waals surface area contributed by atoms with E-state index in [1.54, 1.807) is 6.92 Å². The highest BCUT2D eigenvalue weighted by atomic mass is 16.6. The summed E-state index contributed by atoms with van der Waals surface area (Å²) in [7, 11) is 0. The topological polar surface area (TPSA) is 110 Å². The highest BCUT2D eigenvalue weighted by Gasteiger charge is 2.53. The molecule has 6 atom stereocenters. The molecule has 0 aromatic carbocycles. The summed E-state index contributed by atoms with van der Waals surface area (Å²) in [4.78, 5) is 34.9. The standard InChI is InChI=1S/C24H38O7/c1-15-9-10-19-18(8-7-11-23(19,5)21(27)28)22(15,4)12-13-24(6,29)20(31-17(3)26)14-30-16(2)25/h8,15,19-20,29H,7,9-14H2,1-6H3,(H,27,28)/t15-,19+,20-,22+,23+,24+/m1/s1. The van der Waals surface area contributed by atoms with Crippen molar-refractivity contribution >= 4 is 17.9 Å². The molecule has 176 valence electrons. The van der Waals surface area contributed by atoms with Gasteiger partial charge in [0.15, 0.2) is 6.10 Å². The minimum atomic E-state index is -1.40. The third-order valence-electron chi connectivity index (χ3n) is 7.89. The zero-order valence-corrected chi connectivity index (χ0v) is 19.7. The smallest absolute Gasteiger partial charge is 0.309 e. The van der Waals surface area contributed by atoms with Crippen LogP contribution in [-0.2, 0) is 23.9 Å². The average molecular weight is 439 g/mol. The summed E-state index contributed by atoms with van der Waals surface area (Å²) in [5.41, 5.74) is -1.26. The quantitative estimate of drug-likeness (QED) is 0.437. The number of fused-ring (bicyclic) bond motifs is 1. The number of esters is 2. The van der Waals surface area contributed by atoms with Crippen molar-refractivity contribution in [2.45, 2.75) is 91.8 Å². The van der Waals surface area contributed by atoms with Crippen LogP contribution >= 0.6 is 0 Å². The maximum absolute atomic E-state index is 12.1. The molecule has 1 fully saturated rings. The lowest BCUT2D eigenvalue weighted by atomic mass is 9.51. The van der Waals surface area contributed by atoms with E-state index < -0.39 is 35.0 Å². The fourth-order valence-corrected chi connectivity index (χ4v) is 5.37. The fraction of sp³-hybridized carbons (Fsp3) is 0.792. The maximum Gasteiger partial charge on any atom is 0.309 e. The van der Waals surface area contributed by atoms with Crippen molar-refractivity contribution in [2.75, 3.05) is 6.61 Å². The third kappa shape index (κ3) is 5.30. The Bertz CT molecular complexity index is 740. The second-order valence-electron chi connectivity index (χ2n) is 10.1. The number of carboxylic acids is 1. The van der Waals surface area contributed by atoms with Crippen molar-refractivity contribution in [1.29, 1.82) is 0 Å². The normalized spacial score (nSPS) is 33.3. The van der Waals surface area contributed by atoms with Gasteiger partial charge in [0, 0.05) is 13.8 Å². The van der Waals surface area contributed by atoms with E-state index in [0.29, 0.717) is 25.2 Å². The van der Waals surface area contributed by atoms with Crippen LogP contribution in [0.1, 0.15) is 80.1 Å². The van der Waals surface area contributed by atoms with E-state index in [-0.39, 0.29) is 17.9 Å². The van der Waals surface area contributed by atoms with Crippen LogP contribution in [0.25, 0.3) is 0 Å². The number of carboxylic acid groups (broad SMARTS) is 1. The fourth-order valence-electron chi connectivity index (χ4n) is 5.37. The predicted molar refractivity (Wildman–Crippen MR) is 115 cm³/mol. The van der Waals surface area contributed by atoms with Gasteiger partial charge in [-0.1, -0.05) is 25.5 Å². The van der Waals surface area contributed by atoms with Crippen molar-refractivity contribution in [3.05, 3.63) is 11.6 Å². The number of hydrogen-bond donors (Lipinski definition) is 2. The Morgan fingerprint density at radius 3 is 2.42 bits per heavy atom. The monoisotopic (exact) mass is 438 g/mol. The van der Waals surface area contributed by atoms with Gasteiger partial charge in [0.05, 0.1) is 5.41 Å². The molecule has 0 radical (unpaired) electrons. The number of hydrogen-bond acceptors (Lipinski definition) is 6. The average Bonchev–Trinajstić information content (AvgIpc) is 2.66. The van der Waals surface area contributed by atoms with Crippen molar-refractivity contribution in [1.82, 2.24) is 0 Å². The molecule has 1 saturated carbocycles. The summed E-state index contributed by atoms with van der Waals surface area (Å²) in [5.74, 6) is -1.51. The zero-order valence-electron chi connectivity index (χ0n) is 19.7. The Kier molecular flexibility index (Phi) is 7.62. The van der Waals surface area contributed by atoms with Crippen molar-refractivity contribution in [2.24, 2.45) is 22.7 Å². The Morgan fingerprint density at radius 1 is 1.23 bits per heavy atom. The third-order valence-corrected chi connectivity index (χ3v) is 7.89. The Labute approximate surface area is 185 Å². The first-order valence-corrected chi connectivity index (χ1v) is 11.2. The van der Waals surface area contributed by atoms with E-state index in [9.17, 15) is 24.6 Å². The number of aliphatic carboxylic acids is 1. The summed E-state index contributed by atoms with van der Waals surface area (Å²) in [6, 6.07) is 0. The Hall–Kier alpha value is -1.89. The molecule has 2 aliphatic rings. The first kappa shape index (κ1) is 25.4. The molecule has 0 heterocycles. The molecule has 2 rings (SSSR count). The lowest BCUT2D eigenvalue weighted by molar-refractivity contribution is -0.175. The van der Waals surface area contributed by atoms with E-state index >= 15 is 0 Å². The van der Waals surface area contributed by atoms with Gasteiger partial charge in [-0.2, -0.15) is 0 Å². The van der Waals surface area contributed by atoms with Crippen LogP contribution in [0, 0.1) is 22.7 Å². The van der Waals surface area contributed by atoms with Crippen LogP contribution in [0.5, 0.6) is 0 Å². The van der Waals surface area contributed by atoms with Crippen molar-refractivity contribution in [3.8, 4) is 0 Å². The van der Waals surface area contributed by atoms with Gasteiger partial charge < -0.3 is 19.7 Å². The maximum atomic E-state index is 12.1. The van der Waals surface area contributed by atoms with Crippen LogP contribution < -0.4 is 0 Å². The van der Waals surface area contributed by atoms with Crippen LogP contribution in [0.4, 0.5) is 0 Å². The van der Waals surface area contributed by atoms with Gasteiger partial charge in [0.1, 0.15) is 12.2 Å². The van der Waals surface area contributed by atoms with Gasteiger partial charge in [0.2, 0.25) is 0 Å². The van der Waals surface area contributed by atoms with Crippen LogP contribution in [0.15, 0.2) is 11.6 Å². The second-order valence-corrected chi connectivity index (χ2v) is 10.1. The molecule has 0 aromatic rings. The van der Waals surface area contributed by atoms with E-state index in [1.807, 2.05) is 6.92 Å². The van der Waals surface area contributed by atoms with E-state index in [1.165, 1.54) is 19.4 Å². The van der Waals surface area contributed by atoms with E-state index in [4.69, 9.17) is 9.47 Å². The van der Waals surface area contributed by atoms with Gasteiger partial charge >= 0.3 is 17.9 Å². The number of allylic oxidation sites excluding steroid dienone is 2. The predicted octanol–water partition coefficient (Wildman–Crippen LogP) is 3.88. The molecule has 7 nitrogen and oxygen atoms in total.